The minimum absolute atomic E-state index is 0.0399. The predicted molar refractivity (Wildman–Crippen MR) is 75.4 cm³/mol. The number of nitro benzene ring substituents is 1. The van der Waals surface area contributed by atoms with E-state index >= 15 is 0 Å². The average molecular weight is 271 g/mol. The Hall–Kier alpha value is -1.29. The van der Waals surface area contributed by atoms with E-state index in [1.165, 1.54) is 6.07 Å². The second kappa shape index (κ2) is 6.59. The molecule has 18 heavy (non-hydrogen) atoms. The van der Waals surface area contributed by atoms with E-state index < -0.39 is 4.92 Å². The van der Waals surface area contributed by atoms with Crippen LogP contribution in [0.25, 0.3) is 0 Å². The lowest BCUT2D eigenvalue weighted by Crippen LogP contribution is -2.05. The van der Waals surface area contributed by atoms with Crippen LogP contribution < -0.4 is 5.32 Å². The number of nitro groups is 1. The lowest BCUT2D eigenvalue weighted by atomic mass is 10.1. The molecule has 0 aliphatic carbocycles. The highest BCUT2D eigenvalue weighted by atomic mass is 35.5. The van der Waals surface area contributed by atoms with E-state index in [-0.39, 0.29) is 10.7 Å². The van der Waals surface area contributed by atoms with Crippen LogP contribution in [-0.2, 0) is 0 Å². The van der Waals surface area contributed by atoms with E-state index in [0.29, 0.717) is 5.92 Å². The van der Waals surface area contributed by atoms with Gasteiger partial charge in [0.1, 0.15) is 5.02 Å². The molecule has 1 rings (SSSR count). The van der Waals surface area contributed by atoms with Gasteiger partial charge in [-0.1, -0.05) is 25.4 Å². The first-order valence-corrected chi connectivity index (χ1v) is 6.48. The maximum absolute atomic E-state index is 10.7. The van der Waals surface area contributed by atoms with Crippen molar-refractivity contribution in [3.63, 3.8) is 0 Å². The molecule has 1 aromatic carbocycles. The van der Waals surface area contributed by atoms with Crippen LogP contribution in [0.3, 0.4) is 0 Å². The van der Waals surface area contributed by atoms with E-state index in [4.69, 9.17) is 11.6 Å². The molecule has 0 aromatic heterocycles. The first kappa shape index (κ1) is 14.8. The van der Waals surface area contributed by atoms with Gasteiger partial charge >= 0.3 is 0 Å². The molecular formula is C13H19ClN2O2. The van der Waals surface area contributed by atoms with Crippen molar-refractivity contribution in [1.29, 1.82) is 0 Å². The van der Waals surface area contributed by atoms with Crippen LogP contribution in [0, 0.1) is 23.0 Å². The molecule has 0 spiro atoms. The molecule has 4 nitrogen and oxygen atoms in total. The van der Waals surface area contributed by atoms with Crippen molar-refractivity contribution in [2.45, 2.75) is 33.6 Å². The molecule has 0 fully saturated rings. The zero-order valence-corrected chi connectivity index (χ0v) is 11.8. The molecule has 0 saturated heterocycles. The van der Waals surface area contributed by atoms with E-state index in [9.17, 15) is 10.1 Å². The molecule has 0 amide bonds. The Morgan fingerprint density at radius 2 is 2.11 bits per heavy atom. The third-order valence-electron chi connectivity index (χ3n) is 2.76. The molecule has 0 saturated carbocycles. The lowest BCUT2D eigenvalue weighted by Gasteiger charge is -2.11. The molecule has 1 aromatic rings. The number of anilines is 1. The van der Waals surface area contributed by atoms with Gasteiger partial charge in [-0.05, 0) is 37.3 Å². The molecule has 0 radical (unpaired) electrons. The summed E-state index contributed by atoms with van der Waals surface area (Å²) in [6, 6.07) is 3.14. The van der Waals surface area contributed by atoms with Gasteiger partial charge in [-0.3, -0.25) is 10.1 Å². The summed E-state index contributed by atoms with van der Waals surface area (Å²) in [5, 5.41) is 14.2. The number of rotatable bonds is 6. The van der Waals surface area contributed by atoms with Crippen molar-refractivity contribution >= 4 is 23.0 Å². The summed E-state index contributed by atoms with van der Waals surface area (Å²) in [5.74, 6) is 0.688. The molecule has 0 bridgehead atoms. The lowest BCUT2D eigenvalue weighted by molar-refractivity contribution is -0.384. The summed E-state index contributed by atoms with van der Waals surface area (Å²) in [5.41, 5.74) is 1.67. The topological polar surface area (TPSA) is 55.2 Å². The molecule has 0 heterocycles. The van der Waals surface area contributed by atoms with Gasteiger partial charge in [0.25, 0.3) is 5.69 Å². The monoisotopic (exact) mass is 270 g/mol. The Balaban J connectivity index is 2.67. The normalized spacial score (nSPS) is 10.7. The predicted octanol–water partition coefficient (Wildman–Crippen LogP) is 4.40. The van der Waals surface area contributed by atoms with E-state index in [0.717, 1.165) is 30.6 Å². The number of nitrogens with zero attached hydrogens (tertiary/aromatic N) is 1. The highest BCUT2D eigenvalue weighted by Gasteiger charge is 2.14. The second-order valence-electron chi connectivity index (χ2n) is 4.84. The average Bonchev–Trinajstić information content (AvgIpc) is 2.27. The third kappa shape index (κ3) is 4.18. The van der Waals surface area contributed by atoms with Crippen LogP contribution in [0.2, 0.25) is 5.02 Å². The summed E-state index contributed by atoms with van der Waals surface area (Å²) in [4.78, 5) is 10.3. The quantitative estimate of drug-likeness (QED) is 0.473. The summed E-state index contributed by atoms with van der Waals surface area (Å²) in [6.07, 6.45) is 2.23. The molecule has 5 heteroatoms. The van der Waals surface area contributed by atoms with Gasteiger partial charge in [0.15, 0.2) is 0 Å². The fourth-order valence-corrected chi connectivity index (χ4v) is 1.96. The summed E-state index contributed by atoms with van der Waals surface area (Å²) < 4.78 is 0. The van der Waals surface area contributed by atoms with E-state index in [2.05, 4.69) is 19.2 Å². The largest absolute Gasteiger partial charge is 0.385 e. The molecule has 1 N–H and O–H groups in total. The maximum atomic E-state index is 10.7. The highest BCUT2D eigenvalue weighted by molar-refractivity contribution is 6.33. The minimum Gasteiger partial charge on any atom is -0.385 e. The Morgan fingerprint density at radius 1 is 1.44 bits per heavy atom. The number of hydrogen-bond donors (Lipinski definition) is 1. The molecule has 0 aliphatic rings. The molecule has 0 unspecified atom stereocenters. The summed E-state index contributed by atoms with van der Waals surface area (Å²) >= 11 is 5.88. The van der Waals surface area contributed by atoms with Crippen molar-refractivity contribution < 1.29 is 4.92 Å². The smallest absolute Gasteiger partial charge is 0.288 e. The van der Waals surface area contributed by atoms with Crippen LogP contribution >= 0.6 is 11.6 Å². The highest BCUT2D eigenvalue weighted by Crippen LogP contribution is 2.30. The van der Waals surface area contributed by atoms with E-state index in [1.807, 2.05) is 6.92 Å². The van der Waals surface area contributed by atoms with Gasteiger partial charge < -0.3 is 5.32 Å². The van der Waals surface area contributed by atoms with Crippen molar-refractivity contribution in [3.05, 3.63) is 32.8 Å². The molecule has 0 atom stereocenters. The number of benzene rings is 1. The maximum Gasteiger partial charge on any atom is 0.288 e. The van der Waals surface area contributed by atoms with Crippen molar-refractivity contribution in [2.75, 3.05) is 11.9 Å². The van der Waals surface area contributed by atoms with Gasteiger partial charge in [0.05, 0.1) is 4.92 Å². The Kier molecular flexibility index (Phi) is 5.41. The summed E-state index contributed by atoms with van der Waals surface area (Å²) in [7, 11) is 0. The Morgan fingerprint density at radius 3 is 2.67 bits per heavy atom. The van der Waals surface area contributed by atoms with Crippen LogP contribution in [0.5, 0.6) is 0 Å². The van der Waals surface area contributed by atoms with Crippen molar-refractivity contribution in [2.24, 2.45) is 5.92 Å². The SMILES string of the molecule is Cc1cc([N+](=O)[O-])c(Cl)cc1NCCCC(C)C. The van der Waals surface area contributed by atoms with Gasteiger partial charge in [0.2, 0.25) is 0 Å². The fraction of sp³-hybridized carbons (Fsp3) is 0.538. The second-order valence-corrected chi connectivity index (χ2v) is 5.25. The van der Waals surface area contributed by atoms with Gasteiger partial charge in [-0.15, -0.1) is 0 Å². The van der Waals surface area contributed by atoms with Crippen LogP contribution in [-0.4, -0.2) is 11.5 Å². The number of halogens is 1. The number of hydrogen-bond acceptors (Lipinski definition) is 3. The number of nitrogens with one attached hydrogen (secondary N) is 1. The third-order valence-corrected chi connectivity index (χ3v) is 3.07. The van der Waals surface area contributed by atoms with Crippen molar-refractivity contribution in [1.82, 2.24) is 0 Å². The first-order chi connectivity index (χ1) is 8.41. The molecular weight excluding hydrogens is 252 g/mol. The fourth-order valence-electron chi connectivity index (χ4n) is 1.73. The van der Waals surface area contributed by atoms with Gasteiger partial charge in [0, 0.05) is 18.3 Å². The van der Waals surface area contributed by atoms with Crippen molar-refractivity contribution in [3.8, 4) is 0 Å². The van der Waals surface area contributed by atoms with Gasteiger partial charge in [-0.2, -0.15) is 0 Å². The van der Waals surface area contributed by atoms with Crippen LogP contribution in [0.15, 0.2) is 12.1 Å². The Bertz CT molecular complexity index is 433. The number of aryl methyl sites for hydroxylation is 1. The molecule has 100 valence electrons. The first-order valence-electron chi connectivity index (χ1n) is 6.10. The van der Waals surface area contributed by atoms with E-state index in [1.54, 1.807) is 6.07 Å². The van der Waals surface area contributed by atoms with Gasteiger partial charge in [-0.25, -0.2) is 0 Å². The zero-order valence-electron chi connectivity index (χ0n) is 11.0. The molecule has 0 aliphatic heterocycles. The van der Waals surface area contributed by atoms with Crippen LogP contribution in [0.4, 0.5) is 11.4 Å². The Labute approximate surface area is 112 Å². The van der Waals surface area contributed by atoms with Crippen LogP contribution in [0.1, 0.15) is 32.3 Å². The standard InChI is InChI=1S/C13H19ClN2O2/c1-9(2)5-4-6-15-12-8-11(14)13(16(17)18)7-10(12)3/h7-9,15H,4-6H2,1-3H3. The zero-order chi connectivity index (χ0) is 13.7. The minimum atomic E-state index is -0.460. The summed E-state index contributed by atoms with van der Waals surface area (Å²) in [6.45, 7) is 7.07.